The van der Waals surface area contributed by atoms with Gasteiger partial charge < -0.3 is 5.11 Å². The summed E-state index contributed by atoms with van der Waals surface area (Å²) in [7, 11) is 0. The van der Waals surface area contributed by atoms with Gasteiger partial charge in [0.1, 0.15) is 0 Å². The molecule has 0 unspecified atom stereocenters. The van der Waals surface area contributed by atoms with Crippen molar-refractivity contribution in [3.63, 3.8) is 0 Å². The van der Waals surface area contributed by atoms with Gasteiger partial charge in [-0.05, 0) is 6.42 Å². The molecule has 2 aliphatic rings. The van der Waals surface area contributed by atoms with E-state index in [0.717, 1.165) is 13.0 Å². The van der Waals surface area contributed by atoms with Crippen molar-refractivity contribution in [1.29, 1.82) is 0 Å². The quantitative estimate of drug-likeness (QED) is 0.622. The maximum absolute atomic E-state index is 11.3. The zero-order valence-electron chi connectivity index (χ0n) is 8.69. The van der Waals surface area contributed by atoms with Crippen LogP contribution in [0.1, 0.15) is 19.3 Å². The number of aliphatic hydroxyl groups excluding tert-OH is 1. The van der Waals surface area contributed by atoms with Crippen LogP contribution in [0.2, 0.25) is 0 Å². The fourth-order valence-corrected chi connectivity index (χ4v) is 2.13. The van der Waals surface area contributed by atoms with Gasteiger partial charge in [-0.25, -0.2) is 0 Å². The predicted octanol–water partition coefficient (Wildman–Crippen LogP) is -0.798. The number of β-amino-alcohol motifs (C(OH)–C–C–N with tert-alkyl or cyclic N) is 1. The van der Waals surface area contributed by atoms with Gasteiger partial charge in [-0.2, -0.15) is 0 Å². The van der Waals surface area contributed by atoms with Gasteiger partial charge in [0.05, 0.1) is 6.10 Å². The third-order valence-electron chi connectivity index (χ3n) is 3.04. The van der Waals surface area contributed by atoms with Gasteiger partial charge in [0.2, 0.25) is 11.8 Å². The lowest BCUT2D eigenvalue weighted by molar-refractivity contribution is -0.138. The van der Waals surface area contributed by atoms with Gasteiger partial charge in [-0.3, -0.25) is 19.4 Å². The summed E-state index contributed by atoms with van der Waals surface area (Å²) >= 11 is 0. The monoisotopic (exact) mass is 212 g/mol. The summed E-state index contributed by atoms with van der Waals surface area (Å²) in [4.78, 5) is 26.0. The first-order chi connectivity index (χ1) is 7.16. The second-order valence-corrected chi connectivity index (χ2v) is 4.18. The zero-order chi connectivity index (χ0) is 10.8. The molecule has 2 fully saturated rings. The van der Waals surface area contributed by atoms with Crippen molar-refractivity contribution in [2.75, 3.05) is 26.2 Å². The molecular formula is C10H16N2O3. The van der Waals surface area contributed by atoms with Gasteiger partial charge in [-0.1, -0.05) is 0 Å². The minimum absolute atomic E-state index is 0.0558. The number of carbonyl (C=O) groups is 2. The van der Waals surface area contributed by atoms with Crippen LogP contribution >= 0.6 is 0 Å². The summed E-state index contributed by atoms with van der Waals surface area (Å²) in [5.74, 6) is -0.112. The molecule has 5 nitrogen and oxygen atoms in total. The molecule has 5 heteroatoms. The van der Waals surface area contributed by atoms with Crippen LogP contribution in [0.5, 0.6) is 0 Å². The normalized spacial score (nSPS) is 28.1. The van der Waals surface area contributed by atoms with Crippen LogP contribution in [0.4, 0.5) is 0 Å². The molecule has 2 heterocycles. The van der Waals surface area contributed by atoms with Crippen LogP contribution < -0.4 is 0 Å². The summed E-state index contributed by atoms with van der Waals surface area (Å²) in [6, 6.07) is 0. The average Bonchev–Trinajstić information content (AvgIpc) is 2.73. The molecule has 15 heavy (non-hydrogen) atoms. The molecule has 2 rings (SSSR count). The first kappa shape index (κ1) is 10.6. The van der Waals surface area contributed by atoms with Crippen LogP contribution in [0.15, 0.2) is 0 Å². The number of aliphatic hydroxyl groups is 1. The van der Waals surface area contributed by atoms with Gasteiger partial charge in [0.15, 0.2) is 0 Å². The van der Waals surface area contributed by atoms with Gasteiger partial charge in [0, 0.05) is 39.0 Å². The first-order valence-corrected chi connectivity index (χ1v) is 5.40. The zero-order valence-corrected chi connectivity index (χ0v) is 8.69. The number of hydrogen-bond donors (Lipinski definition) is 1. The Morgan fingerprint density at radius 3 is 2.40 bits per heavy atom. The lowest BCUT2D eigenvalue weighted by atomic mass is 10.3. The Balaban J connectivity index is 1.78. The minimum Gasteiger partial charge on any atom is -0.392 e. The third-order valence-corrected chi connectivity index (χ3v) is 3.04. The first-order valence-electron chi connectivity index (χ1n) is 5.40. The van der Waals surface area contributed by atoms with E-state index in [4.69, 9.17) is 0 Å². The molecule has 0 saturated carbocycles. The van der Waals surface area contributed by atoms with Gasteiger partial charge in [0.25, 0.3) is 0 Å². The highest BCUT2D eigenvalue weighted by atomic mass is 16.3. The molecule has 2 amide bonds. The molecule has 2 aliphatic heterocycles. The van der Waals surface area contributed by atoms with Crippen molar-refractivity contribution >= 4 is 11.8 Å². The SMILES string of the molecule is O=C1CCC(=O)N1CCN1CC[C@H](O)C1. The highest BCUT2D eigenvalue weighted by Gasteiger charge is 2.29. The van der Waals surface area contributed by atoms with Crippen molar-refractivity contribution < 1.29 is 14.7 Å². The Morgan fingerprint density at radius 2 is 1.87 bits per heavy atom. The van der Waals surface area contributed by atoms with E-state index in [2.05, 4.69) is 4.90 Å². The van der Waals surface area contributed by atoms with Crippen molar-refractivity contribution in [3.05, 3.63) is 0 Å². The molecule has 1 atom stereocenters. The largest absolute Gasteiger partial charge is 0.392 e. The number of amides is 2. The molecular weight excluding hydrogens is 196 g/mol. The summed E-state index contributed by atoms with van der Waals surface area (Å²) < 4.78 is 0. The second-order valence-electron chi connectivity index (χ2n) is 4.18. The van der Waals surface area contributed by atoms with Crippen LogP contribution in [0.25, 0.3) is 0 Å². The van der Waals surface area contributed by atoms with Crippen molar-refractivity contribution in [2.24, 2.45) is 0 Å². The molecule has 1 N–H and O–H groups in total. The minimum atomic E-state index is -0.241. The Morgan fingerprint density at radius 1 is 1.20 bits per heavy atom. The number of nitrogens with zero attached hydrogens (tertiary/aromatic N) is 2. The smallest absolute Gasteiger partial charge is 0.229 e. The molecule has 0 radical (unpaired) electrons. The highest BCUT2D eigenvalue weighted by Crippen LogP contribution is 2.13. The molecule has 0 aliphatic carbocycles. The van der Waals surface area contributed by atoms with E-state index in [1.165, 1.54) is 4.90 Å². The van der Waals surface area contributed by atoms with E-state index in [0.29, 0.717) is 32.5 Å². The van der Waals surface area contributed by atoms with Crippen LogP contribution in [-0.2, 0) is 9.59 Å². The van der Waals surface area contributed by atoms with Crippen LogP contribution in [0.3, 0.4) is 0 Å². The third kappa shape index (κ3) is 2.35. The van der Waals surface area contributed by atoms with Crippen molar-refractivity contribution in [1.82, 2.24) is 9.80 Å². The number of rotatable bonds is 3. The molecule has 0 aromatic carbocycles. The maximum atomic E-state index is 11.3. The lowest BCUT2D eigenvalue weighted by Gasteiger charge is -2.19. The van der Waals surface area contributed by atoms with E-state index in [9.17, 15) is 14.7 Å². The van der Waals surface area contributed by atoms with Gasteiger partial charge in [-0.15, -0.1) is 0 Å². The maximum Gasteiger partial charge on any atom is 0.229 e. The van der Waals surface area contributed by atoms with Crippen molar-refractivity contribution in [3.8, 4) is 0 Å². The Hall–Kier alpha value is -0.940. The Labute approximate surface area is 88.6 Å². The number of likely N-dealkylation sites (tertiary alicyclic amines) is 2. The number of imide groups is 1. The molecule has 2 saturated heterocycles. The predicted molar refractivity (Wildman–Crippen MR) is 53.0 cm³/mol. The molecule has 0 aromatic heterocycles. The van der Waals surface area contributed by atoms with E-state index in [-0.39, 0.29) is 17.9 Å². The topological polar surface area (TPSA) is 60.9 Å². The fourth-order valence-electron chi connectivity index (χ4n) is 2.13. The van der Waals surface area contributed by atoms with E-state index in [1.54, 1.807) is 0 Å². The highest BCUT2D eigenvalue weighted by molar-refractivity contribution is 6.01. The summed E-state index contributed by atoms with van der Waals surface area (Å²) in [5, 5.41) is 9.31. The number of hydrogen-bond acceptors (Lipinski definition) is 4. The molecule has 84 valence electrons. The summed E-state index contributed by atoms with van der Waals surface area (Å²) in [6.45, 7) is 2.69. The van der Waals surface area contributed by atoms with E-state index in [1.807, 2.05) is 0 Å². The van der Waals surface area contributed by atoms with Crippen LogP contribution in [0, 0.1) is 0 Å². The fraction of sp³-hybridized carbons (Fsp3) is 0.800. The second kappa shape index (κ2) is 4.28. The summed E-state index contributed by atoms with van der Waals surface area (Å²) in [6.07, 6.45) is 1.28. The van der Waals surface area contributed by atoms with Gasteiger partial charge >= 0.3 is 0 Å². The lowest BCUT2D eigenvalue weighted by Crippen LogP contribution is -2.37. The molecule has 0 aromatic rings. The molecule has 0 spiro atoms. The van der Waals surface area contributed by atoms with E-state index < -0.39 is 0 Å². The van der Waals surface area contributed by atoms with Crippen molar-refractivity contribution in [2.45, 2.75) is 25.4 Å². The van der Waals surface area contributed by atoms with E-state index >= 15 is 0 Å². The Kier molecular flexibility index (Phi) is 3.02. The summed E-state index contributed by atoms with van der Waals surface area (Å²) in [5.41, 5.74) is 0. The standard InChI is InChI=1S/C10H16N2O3/c13-8-3-4-11(7-8)5-6-12-9(14)1-2-10(12)15/h8,13H,1-7H2/t8-/m0/s1. The average molecular weight is 212 g/mol. The number of carbonyl (C=O) groups excluding carboxylic acids is 2. The van der Waals surface area contributed by atoms with Crippen LogP contribution in [-0.4, -0.2) is 59.0 Å². The Bertz CT molecular complexity index is 264. The molecule has 0 bridgehead atoms.